The standard InChI is InChI=1S/C22H20N6O2/c1-13-8-20(28-7-3-6-25-28)24-12-17(13)16-9-15-11-23-19(26-21(29)14-4-5-14)10-18(15)27(2)22(16)30/h3,6-12,14H,4-5H2,1-2H3,(H,23,26,29). The molecule has 0 spiro atoms. The lowest BCUT2D eigenvalue weighted by Gasteiger charge is -2.12. The second kappa shape index (κ2) is 6.91. The monoisotopic (exact) mass is 400 g/mol. The van der Waals surface area contributed by atoms with Crippen LogP contribution in [0, 0.1) is 12.8 Å². The van der Waals surface area contributed by atoms with E-state index in [9.17, 15) is 9.59 Å². The third-order valence-electron chi connectivity index (χ3n) is 5.43. The van der Waals surface area contributed by atoms with Crippen molar-refractivity contribution in [3.05, 3.63) is 65.0 Å². The van der Waals surface area contributed by atoms with Crippen LogP contribution in [0.5, 0.6) is 0 Å². The third kappa shape index (κ3) is 3.16. The Morgan fingerprint density at radius 2 is 1.97 bits per heavy atom. The minimum Gasteiger partial charge on any atom is -0.311 e. The van der Waals surface area contributed by atoms with Gasteiger partial charge in [0.15, 0.2) is 5.82 Å². The quantitative estimate of drug-likeness (QED) is 0.568. The van der Waals surface area contributed by atoms with Crippen molar-refractivity contribution in [2.45, 2.75) is 19.8 Å². The van der Waals surface area contributed by atoms with Gasteiger partial charge < -0.3 is 9.88 Å². The predicted octanol–water partition coefficient (Wildman–Crippen LogP) is 2.84. The number of nitrogens with one attached hydrogen (secondary N) is 1. The number of pyridine rings is 3. The van der Waals surface area contributed by atoms with Gasteiger partial charge in [0.2, 0.25) is 5.91 Å². The highest BCUT2D eigenvalue weighted by atomic mass is 16.2. The van der Waals surface area contributed by atoms with E-state index in [0.29, 0.717) is 22.7 Å². The first-order chi connectivity index (χ1) is 14.5. The molecule has 0 saturated heterocycles. The number of hydrogen-bond acceptors (Lipinski definition) is 5. The molecule has 0 aliphatic heterocycles. The Labute approximate surface area is 172 Å². The number of amides is 1. The number of rotatable bonds is 4. The first-order valence-corrected chi connectivity index (χ1v) is 9.79. The molecule has 1 aliphatic carbocycles. The van der Waals surface area contributed by atoms with Gasteiger partial charge in [0, 0.05) is 60.3 Å². The van der Waals surface area contributed by atoms with Crippen LogP contribution >= 0.6 is 0 Å². The smallest absolute Gasteiger partial charge is 0.258 e. The minimum atomic E-state index is -0.134. The molecule has 0 radical (unpaired) electrons. The van der Waals surface area contributed by atoms with Gasteiger partial charge in [0.25, 0.3) is 5.56 Å². The number of nitrogens with zero attached hydrogens (tertiary/aromatic N) is 5. The number of carbonyl (C=O) groups is 1. The molecule has 0 bridgehead atoms. The molecule has 4 aromatic rings. The lowest BCUT2D eigenvalue weighted by molar-refractivity contribution is -0.117. The third-order valence-corrected chi connectivity index (χ3v) is 5.43. The van der Waals surface area contributed by atoms with E-state index >= 15 is 0 Å². The van der Waals surface area contributed by atoms with Gasteiger partial charge in [-0.3, -0.25) is 9.59 Å². The summed E-state index contributed by atoms with van der Waals surface area (Å²) in [5, 5.41) is 7.84. The highest BCUT2D eigenvalue weighted by molar-refractivity contribution is 5.95. The number of anilines is 1. The summed E-state index contributed by atoms with van der Waals surface area (Å²) in [7, 11) is 1.72. The molecule has 1 amide bonds. The SMILES string of the molecule is Cc1cc(-n2cccn2)ncc1-c1cc2cnc(NC(=O)C3CC3)cc2n(C)c1=O. The Balaban J connectivity index is 1.56. The molecule has 8 nitrogen and oxygen atoms in total. The maximum Gasteiger partial charge on any atom is 0.258 e. The zero-order chi connectivity index (χ0) is 20.8. The van der Waals surface area contributed by atoms with E-state index in [0.717, 1.165) is 29.4 Å². The van der Waals surface area contributed by atoms with Gasteiger partial charge in [0.1, 0.15) is 5.82 Å². The number of hydrogen-bond donors (Lipinski definition) is 1. The zero-order valence-corrected chi connectivity index (χ0v) is 16.7. The predicted molar refractivity (Wildman–Crippen MR) is 113 cm³/mol. The number of aryl methyl sites for hydroxylation is 2. The fourth-order valence-electron chi connectivity index (χ4n) is 3.55. The molecule has 4 heterocycles. The van der Waals surface area contributed by atoms with Crippen LogP contribution in [0.15, 0.2) is 53.8 Å². The Bertz CT molecular complexity index is 1340. The molecule has 0 unspecified atom stereocenters. The van der Waals surface area contributed by atoms with Crippen molar-refractivity contribution in [3.63, 3.8) is 0 Å². The normalized spacial score (nSPS) is 13.5. The van der Waals surface area contributed by atoms with E-state index < -0.39 is 0 Å². The lowest BCUT2D eigenvalue weighted by Crippen LogP contribution is -2.20. The van der Waals surface area contributed by atoms with Gasteiger partial charge in [-0.2, -0.15) is 5.10 Å². The number of carbonyl (C=O) groups excluding carboxylic acids is 1. The maximum atomic E-state index is 13.1. The van der Waals surface area contributed by atoms with Gasteiger partial charge in [-0.25, -0.2) is 14.6 Å². The first kappa shape index (κ1) is 18.2. The highest BCUT2D eigenvalue weighted by Crippen LogP contribution is 2.30. The van der Waals surface area contributed by atoms with Crippen LogP contribution in [0.4, 0.5) is 5.82 Å². The summed E-state index contributed by atoms with van der Waals surface area (Å²) in [6, 6.07) is 7.31. The van der Waals surface area contributed by atoms with Gasteiger partial charge in [-0.15, -0.1) is 0 Å². The topological polar surface area (TPSA) is 94.7 Å². The maximum absolute atomic E-state index is 13.1. The van der Waals surface area contributed by atoms with Crippen LogP contribution in [0.1, 0.15) is 18.4 Å². The van der Waals surface area contributed by atoms with Crippen molar-refractivity contribution in [2.24, 2.45) is 13.0 Å². The lowest BCUT2D eigenvalue weighted by atomic mass is 10.0. The van der Waals surface area contributed by atoms with E-state index in [1.165, 1.54) is 0 Å². The molecule has 1 saturated carbocycles. The van der Waals surface area contributed by atoms with Crippen molar-refractivity contribution in [2.75, 3.05) is 5.32 Å². The molecule has 0 atom stereocenters. The molecule has 30 heavy (non-hydrogen) atoms. The number of fused-ring (bicyclic) bond motifs is 1. The van der Waals surface area contributed by atoms with Crippen molar-refractivity contribution in [1.29, 1.82) is 0 Å². The second-order valence-corrected chi connectivity index (χ2v) is 7.62. The Morgan fingerprint density at radius 3 is 2.67 bits per heavy atom. The summed E-state index contributed by atoms with van der Waals surface area (Å²) in [6.45, 7) is 1.95. The van der Waals surface area contributed by atoms with Crippen LogP contribution < -0.4 is 10.9 Å². The van der Waals surface area contributed by atoms with Gasteiger partial charge in [-0.1, -0.05) is 0 Å². The average Bonchev–Trinajstić information content (AvgIpc) is 3.46. The molecule has 5 rings (SSSR count). The molecule has 8 heteroatoms. The average molecular weight is 400 g/mol. The molecule has 1 fully saturated rings. The summed E-state index contributed by atoms with van der Waals surface area (Å²) in [5.41, 5.74) is 2.82. The van der Waals surface area contributed by atoms with E-state index in [-0.39, 0.29) is 17.4 Å². The first-order valence-electron chi connectivity index (χ1n) is 9.79. The fourth-order valence-corrected chi connectivity index (χ4v) is 3.55. The van der Waals surface area contributed by atoms with E-state index in [1.807, 2.05) is 31.3 Å². The largest absolute Gasteiger partial charge is 0.311 e. The van der Waals surface area contributed by atoms with Crippen molar-refractivity contribution < 1.29 is 4.79 Å². The van der Waals surface area contributed by atoms with Crippen molar-refractivity contribution in [1.82, 2.24) is 24.3 Å². The Hall–Kier alpha value is -3.81. The van der Waals surface area contributed by atoms with Crippen LogP contribution in [-0.4, -0.2) is 30.2 Å². The summed E-state index contributed by atoms with van der Waals surface area (Å²) >= 11 is 0. The molecule has 0 aromatic carbocycles. The Kier molecular flexibility index (Phi) is 4.20. The zero-order valence-electron chi connectivity index (χ0n) is 16.7. The minimum absolute atomic E-state index is 0.0116. The summed E-state index contributed by atoms with van der Waals surface area (Å²) < 4.78 is 3.26. The van der Waals surface area contributed by atoms with Gasteiger partial charge in [-0.05, 0) is 43.5 Å². The molecule has 150 valence electrons. The summed E-state index contributed by atoms with van der Waals surface area (Å²) in [4.78, 5) is 34.0. The fraction of sp³-hybridized carbons (Fsp3) is 0.227. The van der Waals surface area contributed by atoms with E-state index in [1.54, 1.807) is 41.0 Å². The molecule has 1 N–H and O–H groups in total. The van der Waals surface area contributed by atoms with E-state index in [4.69, 9.17) is 0 Å². The summed E-state index contributed by atoms with van der Waals surface area (Å²) in [6.07, 6.45) is 8.75. The Morgan fingerprint density at radius 1 is 1.13 bits per heavy atom. The molecular formula is C22H20N6O2. The van der Waals surface area contributed by atoms with Crippen molar-refractivity contribution in [3.8, 4) is 16.9 Å². The molecule has 4 aromatic heterocycles. The second-order valence-electron chi connectivity index (χ2n) is 7.62. The highest BCUT2D eigenvalue weighted by Gasteiger charge is 2.29. The van der Waals surface area contributed by atoms with Crippen LogP contribution in [0.3, 0.4) is 0 Å². The van der Waals surface area contributed by atoms with Crippen LogP contribution in [0.25, 0.3) is 27.8 Å². The van der Waals surface area contributed by atoms with E-state index in [2.05, 4.69) is 20.4 Å². The molecular weight excluding hydrogens is 380 g/mol. The molecule has 1 aliphatic rings. The van der Waals surface area contributed by atoms with Crippen molar-refractivity contribution >= 4 is 22.6 Å². The number of aromatic nitrogens is 5. The van der Waals surface area contributed by atoms with Crippen LogP contribution in [0.2, 0.25) is 0 Å². The van der Waals surface area contributed by atoms with Gasteiger partial charge >= 0.3 is 0 Å². The van der Waals surface area contributed by atoms with Gasteiger partial charge in [0.05, 0.1) is 5.52 Å². The summed E-state index contributed by atoms with van der Waals surface area (Å²) in [5.74, 6) is 1.23. The van der Waals surface area contributed by atoms with Crippen LogP contribution in [-0.2, 0) is 11.8 Å².